The Balaban J connectivity index is 1.58. The molecule has 0 bridgehead atoms. The number of hydrogen-bond donors (Lipinski definition) is 2. The van der Waals surface area contributed by atoms with E-state index in [0.717, 1.165) is 16.8 Å². The number of aromatic nitrogens is 1. The molecule has 0 spiro atoms. The molecule has 0 atom stereocenters. The lowest BCUT2D eigenvalue weighted by Gasteiger charge is -2.13. The van der Waals surface area contributed by atoms with Gasteiger partial charge in [0.15, 0.2) is 0 Å². The van der Waals surface area contributed by atoms with Gasteiger partial charge in [0.25, 0.3) is 5.91 Å². The second-order valence-corrected chi connectivity index (χ2v) is 7.29. The van der Waals surface area contributed by atoms with Crippen LogP contribution < -0.4 is 10.6 Å². The number of benzene rings is 1. The average Bonchev–Trinajstić information content (AvgIpc) is 3.19. The Morgan fingerprint density at radius 3 is 2.52 bits per heavy atom. The van der Waals surface area contributed by atoms with E-state index < -0.39 is 0 Å². The molecule has 0 aliphatic carbocycles. The third-order valence-corrected chi connectivity index (χ3v) is 4.70. The second-order valence-electron chi connectivity index (χ2n) is 7.29. The number of amides is 3. The number of carbonyl (C=O) groups is 2. The number of nitrogens with one attached hydrogen (secondary N) is 2. The number of rotatable bonds is 7. The summed E-state index contributed by atoms with van der Waals surface area (Å²) in [6, 6.07) is 11.1. The third-order valence-electron chi connectivity index (χ3n) is 4.70. The lowest BCUT2D eigenvalue weighted by Crippen LogP contribution is -2.26. The fourth-order valence-electron chi connectivity index (χ4n) is 3.01. The van der Waals surface area contributed by atoms with Gasteiger partial charge in [0.2, 0.25) is 0 Å². The second kappa shape index (κ2) is 9.71. The van der Waals surface area contributed by atoms with E-state index in [1.54, 1.807) is 42.5 Å². The van der Waals surface area contributed by atoms with Crippen LogP contribution in [0.15, 0.2) is 71.8 Å². The number of anilines is 1. The molecule has 1 saturated heterocycles. The molecule has 1 aromatic carbocycles. The SMILES string of the molecule is C=C(/C=N\C=C(/C)N1CCNC1=O)Nc1ccc(-c2ccc(C(=O)N(C)C)cc2)cn1. The summed E-state index contributed by atoms with van der Waals surface area (Å²) in [7, 11) is 3.46. The van der Waals surface area contributed by atoms with Crippen LogP contribution >= 0.6 is 0 Å². The molecule has 0 saturated carbocycles. The Morgan fingerprint density at radius 2 is 1.94 bits per heavy atom. The highest BCUT2D eigenvalue weighted by molar-refractivity contribution is 5.94. The molecule has 3 rings (SSSR count). The van der Waals surface area contributed by atoms with E-state index in [0.29, 0.717) is 30.2 Å². The van der Waals surface area contributed by atoms with Gasteiger partial charge >= 0.3 is 6.03 Å². The first kappa shape index (κ1) is 21.8. The van der Waals surface area contributed by atoms with E-state index in [1.807, 2.05) is 43.3 Å². The van der Waals surface area contributed by atoms with Crippen LogP contribution in [-0.2, 0) is 0 Å². The van der Waals surface area contributed by atoms with Crippen molar-refractivity contribution in [3.63, 3.8) is 0 Å². The highest BCUT2D eigenvalue weighted by Gasteiger charge is 2.20. The molecule has 1 fully saturated rings. The minimum Gasteiger partial charge on any atom is -0.345 e. The Labute approximate surface area is 182 Å². The van der Waals surface area contributed by atoms with E-state index in [-0.39, 0.29) is 11.9 Å². The van der Waals surface area contributed by atoms with Crippen LogP contribution in [0.4, 0.5) is 10.6 Å². The number of allylic oxidation sites excluding steroid dienone is 2. The van der Waals surface area contributed by atoms with Crippen LogP contribution in [0.2, 0.25) is 0 Å². The number of urea groups is 1. The molecule has 8 nitrogen and oxygen atoms in total. The molecule has 2 heterocycles. The number of nitrogens with zero attached hydrogens (tertiary/aromatic N) is 4. The van der Waals surface area contributed by atoms with Crippen molar-refractivity contribution in [2.24, 2.45) is 4.99 Å². The number of hydrogen-bond acceptors (Lipinski definition) is 5. The molecule has 160 valence electrons. The van der Waals surface area contributed by atoms with Gasteiger partial charge in [-0.25, -0.2) is 9.78 Å². The fraction of sp³-hybridized carbons (Fsp3) is 0.217. The zero-order valence-corrected chi connectivity index (χ0v) is 17.9. The first-order valence-electron chi connectivity index (χ1n) is 9.84. The van der Waals surface area contributed by atoms with Gasteiger partial charge < -0.3 is 15.5 Å². The number of carbonyl (C=O) groups excluding carboxylic acids is 2. The summed E-state index contributed by atoms with van der Waals surface area (Å²) in [4.78, 5) is 35.4. The third kappa shape index (κ3) is 5.57. The van der Waals surface area contributed by atoms with Crippen LogP contribution in [0, 0.1) is 0 Å². The smallest absolute Gasteiger partial charge is 0.321 e. The maximum Gasteiger partial charge on any atom is 0.321 e. The molecule has 0 unspecified atom stereocenters. The van der Waals surface area contributed by atoms with Crippen LogP contribution in [0.5, 0.6) is 0 Å². The Hall–Kier alpha value is -3.94. The highest BCUT2D eigenvalue weighted by Crippen LogP contribution is 2.21. The Morgan fingerprint density at radius 1 is 1.23 bits per heavy atom. The van der Waals surface area contributed by atoms with Crippen molar-refractivity contribution >= 4 is 24.0 Å². The van der Waals surface area contributed by atoms with Crippen molar-refractivity contribution in [3.05, 3.63) is 72.3 Å². The largest absolute Gasteiger partial charge is 0.345 e. The first-order chi connectivity index (χ1) is 14.8. The highest BCUT2D eigenvalue weighted by atomic mass is 16.2. The molecular weight excluding hydrogens is 392 g/mol. The van der Waals surface area contributed by atoms with E-state index in [4.69, 9.17) is 0 Å². The van der Waals surface area contributed by atoms with Crippen molar-refractivity contribution in [2.45, 2.75) is 6.92 Å². The van der Waals surface area contributed by atoms with Crippen LogP contribution in [-0.4, -0.2) is 60.1 Å². The monoisotopic (exact) mass is 418 g/mol. The molecule has 1 aromatic heterocycles. The summed E-state index contributed by atoms with van der Waals surface area (Å²) in [5.41, 5.74) is 3.89. The van der Waals surface area contributed by atoms with Crippen molar-refractivity contribution in [1.82, 2.24) is 20.1 Å². The van der Waals surface area contributed by atoms with E-state index >= 15 is 0 Å². The molecule has 2 N–H and O–H groups in total. The topological polar surface area (TPSA) is 89.9 Å². The predicted molar refractivity (Wildman–Crippen MR) is 123 cm³/mol. The maximum atomic E-state index is 12.0. The van der Waals surface area contributed by atoms with Crippen molar-refractivity contribution < 1.29 is 9.59 Å². The van der Waals surface area contributed by atoms with Crippen LogP contribution in [0.3, 0.4) is 0 Å². The van der Waals surface area contributed by atoms with Gasteiger partial charge in [-0.1, -0.05) is 18.7 Å². The molecule has 8 heteroatoms. The summed E-state index contributed by atoms with van der Waals surface area (Å²) in [6.45, 7) is 7.04. The molecular formula is C23H26N6O2. The molecule has 3 amide bonds. The van der Waals surface area contributed by atoms with Crippen molar-refractivity contribution in [3.8, 4) is 11.1 Å². The molecule has 31 heavy (non-hydrogen) atoms. The van der Waals surface area contributed by atoms with Crippen molar-refractivity contribution in [1.29, 1.82) is 0 Å². The molecule has 1 aliphatic rings. The average molecular weight is 419 g/mol. The lowest BCUT2D eigenvalue weighted by molar-refractivity contribution is 0.0827. The molecule has 0 radical (unpaired) electrons. The Bertz CT molecular complexity index is 1020. The predicted octanol–water partition coefficient (Wildman–Crippen LogP) is 3.33. The first-order valence-corrected chi connectivity index (χ1v) is 9.84. The maximum absolute atomic E-state index is 12.0. The molecule has 1 aliphatic heterocycles. The van der Waals surface area contributed by atoms with E-state index in [9.17, 15) is 9.59 Å². The normalized spacial score (nSPS) is 14.0. The standard InChI is InChI=1S/C23H26N6O2/c1-16(13-24-14-17(2)29-12-11-25-23(29)31)27-21-10-9-20(15-26-21)18-5-7-19(8-6-18)22(30)28(3)4/h5-10,13-15H,1,11-12H2,2-4H3,(H,25,31)(H,26,27)/b17-14+,24-13-. The number of aliphatic imine (C=N–C) groups is 1. The van der Waals surface area contributed by atoms with Gasteiger partial charge in [-0.05, 0) is 36.8 Å². The summed E-state index contributed by atoms with van der Waals surface area (Å²) in [5, 5.41) is 5.83. The van der Waals surface area contributed by atoms with Gasteiger partial charge in [0, 0.05) is 62.6 Å². The van der Waals surface area contributed by atoms with Gasteiger partial charge in [-0.3, -0.25) is 14.7 Å². The van der Waals surface area contributed by atoms with Gasteiger partial charge in [0.05, 0.1) is 5.70 Å². The zero-order valence-electron chi connectivity index (χ0n) is 17.9. The number of pyridine rings is 1. The summed E-state index contributed by atoms with van der Waals surface area (Å²) < 4.78 is 0. The van der Waals surface area contributed by atoms with Gasteiger partial charge in [-0.15, -0.1) is 0 Å². The summed E-state index contributed by atoms with van der Waals surface area (Å²) in [6.07, 6.45) is 4.96. The minimum atomic E-state index is -0.107. The Kier molecular flexibility index (Phi) is 6.81. The van der Waals surface area contributed by atoms with E-state index in [1.165, 1.54) is 0 Å². The van der Waals surface area contributed by atoms with Crippen molar-refractivity contribution in [2.75, 3.05) is 32.5 Å². The lowest BCUT2D eigenvalue weighted by atomic mass is 10.1. The minimum absolute atomic E-state index is 0.0295. The van der Waals surface area contributed by atoms with Gasteiger partial charge in [0.1, 0.15) is 5.82 Å². The van der Waals surface area contributed by atoms with Crippen LogP contribution in [0.1, 0.15) is 17.3 Å². The van der Waals surface area contributed by atoms with E-state index in [2.05, 4.69) is 27.2 Å². The zero-order chi connectivity index (χ0) is 22.4. The fourth-order valence-corrected chi connectivity index (χ4v) is 3.01. The quantitative estimate of drug-likeness (QED) is 0.675. The van der Waals surface area contributed by atoms with Gasteiger partial charge in [-0.2, -0.15) is 0 Å². The summed E-state index contributed by atoms with van der Waals surface area (Å²) in [5.74, 6) is 0.609. The molecule has 2 aromatic rings. The summed E-state index contributed by atoms with van der Waals surface area (Å²) >= 11 is 0. The van der Waals surface area contributed by atoms with Crippen LogP contribution in [0.25, 0.3) is 11.1 Å².